The van der Waals surface area contributed by atoms with E-state index < -0.39 is 55.5 Å². The molecule has 3 rings (SSSR count). The maximum Gasteiger partial charge on any atom is 0.461 e. The van der Waals surface area contributed by atoms with Crippen LogP contribution in [0.5, 0.6) is 0 Å². The fraction of sp³-hybridized carbons (Fsp3) is 0.200. The summed E-state index contributed by atoms with van der Waals surface area (Å²) in [5, 5.41) is -7.33. The minimum atomic E-state index is -7.16. The van der Waals surface area contributed by atoms with Crippen LogP contribution in [0.3, 0.4) is 0 Å². The van der Waals surface area contributed by atoms with Crippen molar-refractivity contribution < 1.29 is 53.0 Å². The summed E-state index contributed by atoms with van der Waals surface area (Å²) in [6.07, 6.45) is -6.97. The van der Waals surface area contributed by atoms with E-state index in [9.17, 15) is 48.7 Å². The van der Waals surface area contributed by atoms with Gasteiger partial charge < -0.3 is 0 Å². The Bertz CT molecular complexity index is 1090. The predicted molar refractivity (Wildman–Crippen MR) is 80.4 cm³/mol. The number of benzene rings is 2. The second-order valence-corrected chi connectivity index (χ2v) is 7.30. The maximum absolute atomic E-state index is 13.6. The normalized spacial score (nSPS) is 15.9. The first-order valence-electron chi connectivity index (χ1n) is 7.30. The van der Waals surface area contributed by atoms with Gasteiger partial charge in [-0.25, -0.2) is 0 Å². The van der Waals surface area contributed by atoms with E-state index in [0.29, 0.717) is 5.39 Å². The zero-order chi connectivity index (χ0) is 22.0. The van der Waals surface area contributed by atoms with E-state index in [2.05, 4.69) is 4.28 Å². The first-order chi connectivity index (χ1) is 13.1. The number of alkyl halides is 7. The topological polar surface area (TPSA) is 80.8 Å². The molecule has 0 spiro atoms. The van der Waals surface area contributed by atoms with Crippen LogP contribution in [0, 0.1) is 0 Å². The predicted octanol–water partition coefficient (Wildman–Crippen LogP) is 3.49. The van der Waals surface area contributed by atoms with Gasteiger partial charge in [-0.1, -0.05) is 24.3 Å². The monoisotopic (exact) mass is 445 g/mol. The van der Waals surface area contributed by atoms with Gasteiger partial charge in [-0.15, -0.1) is 9.35 Å². The van der Waals surface area contributed by atoms with Crippen molar-refractivity contribution in [1.29, 1.82) is 0 Å². The number of hydroxylamine groups is 2. The molecule has 0 atom stereocenters. The molecule has 1 heterocycles. The molecule has 0 unspecified atom stereocenters. The summed E-state index contributed by atoms with van der Waals surface area (Å²) in [6.45, 7) is 0. The number of hydrogen-bond donors (Lipinski definition) is 0. The molecule has 0 fully saturated rings. The minimum absolute atomic E-state index is 0.00497. The number of amides is 2. The number of imide groups is 1. The van der Waals surface area contributed by atoms with Crippen molar-refractivity contribution in [2.45, 2.75) is 17.4 Å². The minimum Gasteiger partial charge on any atom is -0.266 e. The Labute approximate surface area is 156 Å². The quantitative estimate of drug-likeness (QED) is 0.532. The summed E-state index contributed by atoms with van der Waals surface area (Å²) in [4.78, 5) is 24.7. The fourth-order valence-corrected chi connectivity index (χ4v) is 3.40. The fourth-order valence-electron chi connectivity index (χ4n) is 2.54. The van der Waals surface area contributed by atoms with E-state index >= 15 is 0 Å². The van der Waals surface area contributed by atoms with E-state index in [1.165, 1.54) is 24.3 Å². The third-order valence-electron chi connectivity index (χ3n) is 3.94. The van der Waals surface area contributed by atoms with Crippen LogP contribution in [-0.2, 0) is 14.4 Å². The summed E-state index contributed by atoms with van der Waals surface area (Å²) in [7, 11) is -7.16. The average molecular weight is 445 g/mol. The Morgan fingerprint density at radius 1 is 0.793 bits per heavy atom. The van der Waals surface area contributed by atoms with Crippen LogP contribution >= 0.6 is 0 Å². The third kappa shape index (κ3) is 2.85. The zero-order valence-electron chi connectivity index (χ0n) is 13.5. The highest BCUT2D eigenvalue weighted by Crippen LogP contribution is 2.49. The molecule has 156 valence electrons. The highest BCUT2D eigenvalue weighted by molar-refractivity contribution is 7.87. The van der Waals surface area contributed by atoms with Crippen molar-refractivity contribution in [3.63, 3.8) is 0 Å². The molecule has 14 heteroatoms. The molecule has 2 amide bonds. The molecule has 0 aromatic heterocycles. The van der Waals surface area contributed by atoms with E-state index in [0.717, 1.165) is 12.1 Å². The lowest BCUT2D eigenvalue weighted by Crippen LogP contribution is -2.58. The molecule has 2 aromatic carbocycles. The highest BCUT2D eigenvalue weighted by Gasteiger charge is 2.80. The third-order valence-corrected chi connectivity index (χ3v) is 5.17. The Hall–Kier alpha value is -2.74. The van der Waals surface area contributed by atoms with Crippen LogP contribution in [0.15, 0.2) is 36.4 Å². The molecule has 0 aliphatic carbocycles. The summed E-state index contributed by atoms with van der Waals surface area (Å²) in [6, 6.07) is 7.54. The van der Waals surface area contributed by atoms with Gasteiger partial charge in [-0.05, 0) is 17.5 Å². The van der Waals surface area contributed by atoms with Crippen molar-refractivity contribution >= 4 is 32.7 Å². The van der Waals surface area contributed by atoms with Crippen LogP contribution in [0.1, 0.15) is 20.7 Å². The number of carbonyl (C=O) groups excluding carboxylic acids is 2. The standard InChI is InChI=1S/C15H6F7NO5S/c16-13(17,14(18,19)20)15(21,22)29(26,27)28-23-11(24)8-5-1-3-7-4-2-6-9(10(7)8)12(23)25/h1-6H. The van der Waals surface area contributed by atoms with E-state index in [1.807, 2.05) is 0 Å². The molecular formula is C15H6F7NO5S. The highest BCUT2D eigenvalue weighted by atomic mass is 32.2. The van der Waals surface area contributed by atoms with Crippen molar-refractivity contribution in [3.8, 4) is 0 Å². The van der Waals surface area contributed by atoms with Gasteiger partial charge in [0.05, 0.1) is 11.1 Å². The van der Waals surface area contributed by atoms with Crippen LogP contribution in [0.4, 0.5) is 30.7 Å². The van der Waals surface area contributed by atoms with E-state index in [4.69, 9.17) is 0 Å². The van der Waals surface area contributed by atoms with E-state index in [-0.39, 0.29) is 5.39 Å². The molecular weight excluding hydrogens is 439 g/mol. The second kappa shape index (κ2) is 6.13. The van der Waals surface area contributed by atoms with Gasteiger partial charge in [0.25, 0.3) is 11.8 Å². The molecule has 1 aliphatic rings. The first-order valence-corrected chi connectivity index (χ1v) is 8.71. The molecule has 0 saturated carbocycles. The van der Waals surface area contributed by atoms with Crippen molar-refractivity contribution in [1.82, 2.24) is 5.06 Å². The molecule has 0 radical (unpaired) electrons. The Morgan fingerprint density at radius 2 is 1.24 bits per heavy atom. The van der Waals surface area contributed by atoms with Gasteiger partial charge in [0.15, 0.2) is 0 Å². The molecule has 0 N–H and O–H groups in total. The van der Waals surface area contributed by atoms with Gasteiger partial charge >= 0.3 is 27.5 Å². The largest absolute Gasteiger partial charge is 0.461 e. The van der Waals surface area contributed by atoms with Gasteiger partial charge in [-0.2, -0.15) is 39.2 Å². The molecule has 0 saturated heterocycles. The Morgan fingerprint density at radius 3 is 1.66 bits per heavy atom. The van der Waals surface area contributed by atoms with Crippen LogP contribution in [-0.4, -0.2) is 42.6 Å². The summed E-state index contributed by atoms with van der Waals surface area (Å²) in [5.41, 5.74) is -0.836. The molecule has 0 bridgehead atoms. The Balaban J connectivity index is 2.07. The SMILES string of the molecule is O=C1c2cccc3cccc(c23)C(=O)N1OS(=O)(=O)C(F)(F)C(F)(F)C(F)(F)F. The molecule has 6 nitrogen and oxygen atoms in total. The van der Waals surface area contributed by atoms with Crippen molar-refractivity contribution in [3.05, 3.63) is 47.5 Å². The lowest BCUT2D eigenvalue weighted by molar-refractivity contribution is -0.334. The van der Waals surface area contributed by atoms with Gasteiger partial charge in [-0.3, -0.25) is 9.59 Å². The maximum atomic E-state index is 13.6. The average Bonchev–Trinajstić information content (AvgIpc) is 2.61. The van der Waals surface area contributed by atoms with Gasteiger partial charge in [0.2, 0.25) is 0 Å². The second-order valence-electron chi connectivity index (χ2n) is 5.73. The smallest absolute Gasteiger partial charge is 0.266 e. The molecule has 1 aliphatic heterocycles. The van der Waals surface area contributed by atoms with E-state index in [1.54, 1.807) is 0 Å². The van der Waals surface area contributed by atoms with Crippen LogP contribution in [0.25, 0.3) is 10.8 Å². The van der Waals surface area contributed by atoms with Crippen LogP contribution in [0.2, 0.25) is 0 Å². The van der Waals surface area contributed by atoms with Gasteiger partial charge in [0.1, 0.15) is 0 Å². The molecule has 29 heavy (non-hydrogen) atoms. The molecule has 2 aromatic rings. The number of halogens is 7. The van der Waals surface area contributed by atoms with Crippen LogP contribution < -0.4 is 0 Å². The first kappa shape index (κ1) is 21.0. The summed E-state index contributed by atoms with van der Waals surface area (Å²) < 4.78 is 117. The Kier molecular flexibility index (Phi) is 4.43. The lowest BCUT2D eigenvalue weighted by atomic mass is 9.95. The number of rotatable bonds is 4. The zero-order valence-corrected chi connectivity index (χ0v) is 14.3. The summed E-state index contributed by atoms with van der Waals surface area (Å²) in [5.74, 6) is -10.4. The number of carbonyl (C=O) groups is 2. The van der Waals surface area contributed by atoms with Gasteiger partial charge in [0, 0.05) is 5.39 Å². The number of hydrogen-bond acceptors (Lipinski definition) is 5. The summed E-state index contributed by atoms with van der Waals surface area (Å²) >= 11 is 0. The van der Waals surface area contributed by atoms with Crippen molar-refractivity contribution in [2.75, 3.05) is 0 Å². The lowest BCUT2D eigenvalue weighted by Gasteiger charge is -2.30. The number of nitrogens with zero attached hydrogens (tertiary/aromatic N) is 1. The van der Waals surface area contributed by atoms with Crippen molar-refractivity contribution in [2.24, 2.45) is 0 Å².